The summed E-state index contributed by atoms with van der Waals surface area (Å²) >= 11 is 0. The molecular formula is C16H15FN2O2. The van der Waals surface area contributed by atoms with Gasteiger partial charge in [0.15, 0.2) is 5.82 Å². The Hall–Kier alpha value is -2.27. The third-order valence-electron chi connectivity index (χ3n) is 3.53. The van der Waals surface area contributed by atoms with E-state index in [0.29, 0.717) is 19.7 Å². The monoisotopic (exact) mass is 286 g/mol. The standard InChI is InChI=1S/C16H15FN2O2/c17-14-10-18-7-6-13(14)16(20)19-8-9-21-15(11-19)12-4-2-1-3-5-12/h1-7,10,15H,8-9,11H2. The van der Waals surface area contributed by atoms with Gasteiger partial charge in [-0.3, -0.25) is 9.78 Å². The molecule has 0 aliphatic carbocycles. The largest absolute Gasteiger partial charge is 0.370 e. The summed E-state index contributed by atoms with van der Waals surface area (Å²) in [4.78, 5) is 17.7. The summed E-state index contributed by atoms with van der Waals surface area (Å²) in [5, 5.41) is 0. The van der Waals surface area contributed by atoms with E-state index in [1.165, 1.54) is 12.3 Å². The van der Waals surface area contributed by atoms with Crippen molar-refractivity contribution < 1.29 is 13.9 Å². The first-order valence-electron chi connectivity index (χ1n) is 6.81. The van der Waals surface area contributed by atoms with Crippen LogP contribution in [0.1, 0.15) is 22.0 Å². The second-order valence-electron chi connectivity index (χ2n) is 4.88. The summed E-state index contributed by atoms with van der Waals surface area (Å²) in [6.45, 7) is 1.33. The molecule has 1 aromatic heterocycles. The Balaban J connectivity index is 1.77. The topological polar surface area (TPSA) is 42.4 Å². The van der Waals surface area contributed by atoms with Crippen molar-refractivity contribution in [3.05, 3.63) is 65.7 Å². The number of carbonyl (C=O) groups excluding carboxylic acids is 1. The van der Waals surface area contributed by atoms with Crippen LogP contribution >= 0.6 is 0 Å². The Morgan fingerprint density at radius 1 is 1.29 bits per heavy atom. The van der Waals surface area contributed by atoms with E-state index in [1.807, 2.05) is 30.3 Å². The summed E-state index contributed by atoms with van der Waals surface area (Å²) in [6, 6.07) is 11.1. The Bertz CT molecular complexity index is 633. The van der Waals surface area contributed by atoms with E-state index in [9.17, 15) is 9.18 Å². The normalized spacial score (nSPS) is 18.5. The van der Waals surface area contributed by atoms with E-state index in [0.717, 1.165) is 11.8 Å². The third-order valence-corrected chi connectivity index (χ3v) is 3.53. The zero-order chi connectivity index (χ0) is 14.7. The van der Waals surface area contributed by atoms with Crippen molar-refractivity contribution in [2.45, 2.75) is 6.10 Å². The summed E-state index contributed by atoms with van der Waals surface area (Å²) in [6.07, 6.45) is 2.31. The van der Waals surface area contributed by atoms with E-state index in [-0.39, 0.29) is 17.6 Å². The molecule has 0 saturated carbocycles. The van der Waals surface area contributed by atoms with Gasteiger partial charge in [0.25, 0.3) is 5.91 Å². The molecule has 1 aromatic carbocycles. The molecule has 21 heavy (non-hydrogen) atoms. The van der Waals surface area contributed by atoms with Crippen molar-refractivity contribution in [3.63, 3.8) is 0 Å². The molecule has 1 aliphatic rings. The number of amides is 1. The van der Waals surface area contributed by atoms with Gasteiger partial charge in [0, 0.05) is 12.7 Å². The molecule has 1 fully saturated rings. The molecule has 2 heterocycles. The van der Waals surface area contributed by atoms with Crippen molar-refractivity contribution >= 4 is 5.91 Å². The number of carbonyl (C=O) groups is 1. The van der Waals surface area contributed by atoms with Gasteiger partial charge in [-0.25, -0.2) is 4.39 Å². The van der Waals surface area contributed by atoms with Gasteiger partial charge >= 0.3 is 0 Å². The van der Waals surface area contributed by atoms with Crippen LogP contribution in [0.15, 0.2) is 48.8 Å². The number of halogens is 1. The van der Waals surface area contributed by atoms with E-state index < -0.39 is 5.82 Å². The maximum absolute atomic E-state index is 13.7. The molecule has 5 heteroatoms. The predicted octanol–water partition coefficient (Wildman–Crippen LogP) is 2.43. The first-order valence-corrected chi connectivity index (χ1v) is 6.81. The first kappa shape index (κ1) is 13.7. The SMILES string of the molecule is O=C(c1ccncc1F)N1CCOC(c2ccccc2)C1. The number of benzene rings is 1. The number of hydrogen-bond acceptors (Lipinski definition) is 3. The fourth-order valence-corrected chi connectivity index (χ4v) is 2.42. The molecule has 2 aromatic rings. The lowest BCUT2D eigenvalue weighted by atomic mass is 10.1. The Labute approximate surface area is 122 Å². The van der Waals surface area contributed by atoms with Crippen molar-refractivity contribution in [1.82, 2.24) is 9.88 Å². The smallest absolute Gasteiger partial charge is 0.257 e. The Morgan fingerprint density at radius 3 is 2.86 bits per heavy atom. The maximum atomic E-state index is 13.7. The number of ether oxygens (including phenoxy) is 1. The second-order valence-corrected chi connectivity index (χ2v) is 4.88. The summed E-state index contributed by atoms with van der Waals surface area (Å²) in [5.41, 5.74) is 1.07. The molecule has 0 spiro atoms. The number of morpholine rings is 1. The van der Waals surface area contributed by atoms with Gasteiger partial charge in [-0.15, -0.1) is 0 Å². The van der Waals surface area contributed by atoms with Gasteiger partial charge in [0.2, 0.25) is 0 Å². The highest BCUT2D eigenvalue weighted by Crippen LogP contribution is 2.23. The van der Waals surface area contributed by atoms with Crippen LogP contribution in [0.25, 0.3) is 0 Å². The number of hydrogen-bond donors (Lipinski definition) is 0. The minimum absolute atomic E-state index is 0.0544. The molecule has 1 saturated heterocycles. The lowest BCUT2D eigenvalue weighted by Gasteiger charge is -2.33. The number of pyridine rings is 1. The zero-order valence-electron chi connectivity index (χ0n) is 11.4. The molecule has 1 atom stereocenters. The minimum atomic E-state index is -0.592. The highest BCUT2D eigenvalue weighted by atomic mass is 19.1. The van der Waals surface area contributed by atoms with Gasteiger partial charge < -0.3 is 9.64 Å². The van der Waals surface area contributed by atoms with Crippen LogP contribution in [0.2, 0.25) is 0 Å². The second kappa shape index (κ2) is 6.01. The molecule has 1 amide bonds. The molecule has 0 radical (unpaired) electrons. The average molecular weight is 286 g/mol. The van der Waals surface area contributed by atoms with Crippen LogP contribution in [-0.2, 0) is 4.74 Å². The van der Waals surface area contributed by atoms with Gasteiger partial charge in [-0.2, -0.15) is 0 Å². The van der Waals surface area contributed by atoms with Crippen molar-refractivity contribution in [2.24, 2.45) is 0 Å². The summed E-state index contributed by atoms with van der Waals surface area (Å²) in [7, 11) is 0. The maximum Gasteiger partial charge on any atom is 0.257 e. The van der Waals surface area contributed by atoms with E-state index >= 15 is 0 Å². The van der Waals surface area contributed by atoms with Crippen molar-refractivity contribution in [2.75, 3.05) is 19.7 Å². The fourth-order valence-electron chi connectivity index (χ4n) is 2.42. The molecule has 4 nitrogen and oxygen atoms in total. The van der Waals surface area contributed by atoms with Crippen molar-refractivity contribution in [3.8, 4) is 0 Å². The van der Waals surface area contributed by atoms with Crippen LogP contribution < -0.4 is 0 Å². The van der Waals surface area contributed by atoms with Gasteiger partial charge in [-0.1, -0.05) is 30.3 Å². The minimum Gasteiger partial charge on any atom is -0.370 e. The van der Waals surface area contributed by atoms with Crippen LogP contribution in [0.4, 0.5) is 4.39 Å². The Kier molecular flexibility index (Phi) is 3.92. The molecular weight excluding hydrogens is 271 g/mol. The highest BCUT2D eigenvalue weighted by Gasteiger charge is 2.27. The Morgan fingerprint density at radius 2 is 2.10 bits per heavy atom. The van der Waals surface area contributed by atoms with Gasteiger partial charge in [0.1, 0.15) is 6.10 Å². The number of nitrogens with zero attached hydrogens (tertiary/aromatic N) is 2. The lowest BCUT2D eigenvalue weighted by Crippen LogP contribution is -2.42. The first-order chi connectivity index (χ1) is 10.3. The van der Waals surface area contributed by atoms with E-state index in [1.54, 1.807) is 4.90 Å². The van der Waals surface area contributed by atoms with E-state index in [4.69, 9.17) is 4.74 Å². The third kappa shape index (κ3) is 2.92. The fraction of sp³-hybridized carbons (Fsp3) is 0.250. The zero-order valence-corrected chi connectivity index (χ0v) is 11.4. The lowest BCUT2D eigenvalue weighted by molar-refractivity contribution is -0.0229. The highest BCUT2D eigenvalue weighted by molar-refractivity contribution is 5.94. The van der Waals surface area contributed by atoms with Gasteiger partial charge in [-0.05, 0) is 11.6 Å². The average Bonchev–Trinajstić information content (AvgIpc) is 2.56. The summed E-state index contributed by atoms with van der Waals surface area (Å²) < 4.78 is 19.4. The molecule has 0 N–H and O–H groups in total. The molecule has 0 bridgehead atoms. The molecule has 108 valence electrons. The summed E-state index contributed by atoms with van der Waals surface area (Å²) in [5.74, 6) is -0.913. The predicted molar refractivity (Wildman–Crippen MR) is 75.2 cm³/mol. The van der Waals surface area contributed by atoms with Crippen LogP contribution in [0.5, 0.6) is 0 Å². The number of aromatic nitrogens is 1. The number of rotatable bonds is 2. The van der Waals surface area contributed by atoms with Gasteiger partial charge in [0.05, 0.1) is 24.9 Å². The molecule has 1 unspecified atom stereocenters. The van der Waals surface area contributed by atoms with Crippen molar-refractivity contribution in [1.29, 1.82) is 0 Å². The van der Waals surface area contributed by atoms with Crippen LogP contribution in [-0.4, -0.2) is 35.5 Å². The van der Waals surface area contributed by atoms with E-state index in [2.05, 4.69) is 4.98 Å². The quantitative estimate of drug-likeness (QED) is 0.851. The molecule has 3 rings (SSSR count). The van der Waals surface area contributed by atoms with Crippen LogP contribution in [0.3, 0.4) is 0 Å². The molecule has 1 aliphatic heterocycles. The van der Waals surface area contributed by atoms with Crippen LogP contribution in [0, 0.1) is 5.82 Å².